The number of aryl methyl sites for hydroxylation is 1. The number of allylic oxidation sites excluding steroid dienone is 1. The number of rotatable bonds is 4. The molecule has 0 atom stereocenters. The maximum absolute atomic E-state index is 12.0. The number of carbonyl (C=O) groups excluding carboxylic acids is 1. The van der Waals surface area contributed by atoms with Crippen LogP contribution in [-0.4, -0.2) is 25.8 Å². The van der Waals surface area contributed by atoms with Crippen LogP contribution in [0.25, 0.3) is 6.08 Å². The number of hydrogen-bond donors (Lipinski definition) is 2. The van der Waals surface area contributed by atoms with Gasteiger partial charge in [0.2, 0.25) is 0 Å². The molecule has 5 nitrogen and oxygen atoms in total. The Morgan fingerprint density at radius 3 is 2.85 bits per heavy atom. The summed E-state index contributed by atoms with van der Waals surface area (Å²) in [6.45, 7) is 2.63. The van der Waals surface area contributed by atoms with Crippen molar-refractivity contribution in [1.82, 2.24) is 9.78 Å². The van der Waals surface area contributed by atoms with Crippen LogP contribution in [0, 0.1) is 0 Å². The van der Waals surface area contributed by atoms with Gasteiger partial charge in [0.05, 0.1) is 21.9 Å². The van der Waals surface area contributed by atoms with Crippen LogP contribution >= 0.6 is 15.9 Å². The second-order valence-corrected chi connectivity index (χ2v) is 4.95. The zero-order valence-electron chi connectivity index (χ0n) is 10.7. The van der Waals surface area contributed by atoms with Crippen LogP contribution in [0.4, 0.5) is 0 Å². The SMILES string of the molecule is CCn1ncc(Br)c1C=CC(=O)c1ccc(O)cc1O. The van der Waals surface area contributed by atoms with Gasteiger partial charge in [0, 0.05) is 12.6 Å². The fraction of sp³-hybridized carbons (Fsp3) is 0.143. The Kier molecular flexibility index (Phi) is 4.24. The number of ketones is 1. The second kappa shape index (κ2) is 5.92. The molecule has 0 unspecified atom stereocenters. The first kappa shape index (κ1) is 14.3. The van der Waals surface area contributed by atoms with E-state index in [0.717, 1.165) is 16.2 Å². The van der Waals surface area contributed by atoms with Gasteiger partial charge in [-0.25, -0.2) is 0 Å². The molecule has 1 aromatic carbocycles. The molecule has 0 saturated carbocycles. The molecule has 1 aromatic heterocycles. The number of nitrogens with zero attached hydrogens (tertiary/aromatic N) is 2. The Bertz CT molecular complexity index is 677. The van der Waals surface area contributed by atoms with E-state index in [1.54, 1.807) is 17.0 Å². The number of halogens is 1. The second-order valence-electron chi connectivity index (χ2n) is 4.09. The summed E-state index contributed by atoms with van der Waals surface area (Å²) in [6, 6.07) is 3.86. The van der Waals surface area contributed by atoms with E-state index in [1.165, 1.54) is 18.2 Å². The summed E-state index contributed by atoms with van der Waals surface area (Å²) in [5.41, 5.74) is 0.914. The highest BCUT2D eigenvalue weighted by atomic mass is 79.9. The molecule has 0 radical (unpaired) electrons. The van der Waals surface area contributed by atoms with Gasteiger partial charge in [-0.1, -0.05) is 0 Å². The average Bonchev–Trinajstić information content (AvgIpc) is 2.76. The number of hydrogen-bond acceptors (Lipinski definition) is 4. The third-order valence-corrected chi connectivity index (χ3v) is 3.38. The van der Waals surface area contributed by atoms with Crippen LogP contribution < -0.4 is 0 Å². The third-order valence-electron chi connectivity index (χ3n) is 2.77. The largest absolute Gasteiger partial charge is 0.508 e. The Labute approximate surface area is 124 Å². The molecule has 0 aliphatic heterocycles. The summed E-state index contributed by atoms with van der Waals surface area (Å²) < 4.78 is 2.53. The first-order valence-electron chi connectivity index (χ1n) is 5.98. The summed E-state index contributed by atoms with van der Waals surface area (Å²) in [5, 5.41) is 23.0. The standard InChI is InChI=1S/C14H13BrN2O3/c1-2-17-12(11(15)8-16-17)5-6-13(19)10-4-3-9(18)7-14(10)20/h3-8,18,20H,2H2,1H3. The maximum atomic E-state index is 12.0. The molecule has 0 aliphatic carbocycles. The zero-order valence-corrected chi connectivity index (χ0v) is 12.3. The number of aromatic hydroxyl groups is 2. The number of aromatic nitrogens is 2. The minimum Gasteiger partial charge on any atom is -0.508 e. The molecule has 104 valence electrons. The third kappa shape index (κ3) is 2.91. The highest BCUT2D eigenvalue weighted by molar-refractivity contribution is 9.10. The van der Waals surface area contributed by atoms with Crippen molar-refractivity contribution in [3.05, 3.63) is 46.2 Å². The van der Waals surface area contributed by atoms with Crippen molar-refractivity contribution in [2.75, 3.05) is 0 Å². The van der Waals surface area contributed by atoms with Crippen LogP contribution in [0.15, 0.2) is 34.9 Å². The predicted molar refractivity (Wildman–Crippen MR) is 78.7 cm³/mol. The van der Waals surface area contributed by atoms with Gasteiger partial charge in [-0.3, -0.25) is 9.48 Å². The molecular weight excluding hydrogens is 324 g/mol. The molecule has 2 rings (SSSR count). The monoisotopic (exact) mass is 336 g/mol. The summed E-state index contributed by atoms with van der Waals surface area (Å²) in [5.74, 6) is -0.684. The first-order chi connectivity index (χ1) is 9.52. The summed E-state index contributed by atoms with van der Waals surface area (Å²) in [4.78, 5) is 12.0. The smallest absolute Gasteiger partial charge is 0.189 e. The minimum atomic E-state index is -0.349. The molecule has 0 fully saturated rings. The lowest BCUT2D eigenvalue weighted by Gasteiger charge is -2.02. The molecule has 1 heterocycles. The van der Waals surface area contributed by atoms with E-state index in [1.807, 2.05) is 6.92 Å². The van der Waals surface area contributed by atoms with Crippen LogP contribution in [0.5, 0.6) is 11.5 Å². The molecule has 6 heteroatoms. The minimum absolute atomic E-state index is 0.0881. The van der Waals surface area contributed by atoms with Gasteiger partial charge in [0.1, 0.15) is 11.5 Å². The molecular formula is C14H13BrN2O3. The number of phenols is 2. The van der Waals surface area contributed by atoms with Gasteiger partial charge in [0.15, 0.2) is 5.78 Å². The Morgan fingerprint density at radius 1 is 1.45 bits per heavy atom. The molecule has 0 aliphatic rings. The molecule has 0 spiro atoms. The summed E-state index contributed by atoms with van der Waals surface area (Å²) in [7, 11) is 0. The first-order valence-corrected chi connectivity index (χ1v) is 6.78. The Balaban J connectivity index is 2.27. The van der Waals surface area contributed by atoms with Gasteiger partial charge in [-0.2, -0.15) is 5.10 Å². The molecule has 2 N–H and O–H groups in total. The highest BCUT2D eigenvalue weighted by Crippen LogP contribution is 2.24. The highest BCUT2D eigenvalue weighted by Gasteiger charge is 2.10. The number of carbonyl (C=O) groups is 1. The lowest BCUT2D eigenvalue weighted by molar-refractivity contribution is 0.104. The van der Waals surface area contributed by atoms with E-state index in [9.17, 15) is 15.0 Å². The van der Waals surface area contributed by atoms with Crippen LogP contribution in [0.1, 0.15) is 23.0 Å². The van der Waals surface area contributed by atoms with Gasteiger partial charge in [-0.05, 0) is 47.1 Å². The van der Waals surface area contributed by atoms with Crippen molar-refractivity contribution in [3.63, 3.8) is 0 Å². The van der Waals surface area contributed by atoms with Crippen molar-refractivity contribution in [1.29, 1.82) is 0 Å². The van der Waals surface area contributed by atoms with Gasteiger partial charge in [-0.15, -0.1) is 0 Å². The Hall–Kier alpha value is -2.08. The van der Waals surface area contributed by atoms with Crippen molar-refractivity contribution >= 4 is 27.8 Å². The quantitative estimate of drug-likeness (QED) is 0.664. The van der Waals surface area contributed by atoms with Gasteiger partial charge < -0.3 is 10.2 Å². The normalized spacial score (nSPS) is 11.1. The van der Waals surface area contributed by atoms with Crippen LogP contribution in [0.2, 0.25) is 0 Å². The van der Waals surface area contributed by atoms with E-state index < -0.39 is 0 Å². The molecule has 2 aromatic rings. The Morgan fingerprint density at radius 2 is 2.20 bits per heavy atom. The average molecular weight is 337 g/mol. The molecule has 0 saturated heterocycles. The van der Waals surface area contributed by atoms with E-state index >= 15 is 0 Å². The van der Waals surface area contributed by atoms with Crippen molar-refractivity contribution in [2.45, 2.75) is 13.5 Å². The molecule has 0 amide bonds. The topological polar surface area (TPSA) is 75.4 Å². The lowest BCUT2D eigenvalue weighted by atomic mass is 10.1. The zero-order chi connectivity index (χ0) is 14.7. The fourth-order valence-electron chi connectivity index (χ4n) is 1.76. The van der Waals surface area contributed by atoms with Crippen LogP contribution in [0.3, 0.4) is 0 Å². The van der Waals surface area contributed by atoms with E-state index in [-0.39, 0.29) is 22.8 Å². The van der Waals surface area contributed by atoms with E-state index in [2.05, 4.69) is 21.0 Å². The predicted octanol–water partition coefficient (Wildman–Crippen LogP) is 2.97. The maximum Gasteiger partial charge on any atom is 0.189 e. The van der Waals surface area contributed by atoms with Gasteiger partial charge >= 0.3 is 0 Å². The van der Waals surface area contributed by atoms with Crippen LogP contribution in [-0.2, 0) is 6.54 Å². The van der Waals surface area contributed by atoms with Crippen molar-refractivity contribution < 1.29 is 15.0 Å². The summed E-state index contributed by atoms with van der Waals surface area (Å²) >= 11 is 3.36. The molecule has 20 heavy (non-hydrogen) atoms. The number of phenolic OH excluding ortho intramolecular Hbond substituents is 2. The van der Waals surface area contributed by atoms with Crippen molar-refractivity contribution in [3.8, 4) is 11.5 Å². The summed E-state index contributed by atoms with van der Waals surface area (Å²) in [6.07, 6.45) is 4.65. The number of benzene rings is 1. The van der Waals surface area contributed by atoms with Gasteiger partial charge in [0.25, 0.3) is 0 Å². The molecule has 0 bridgehead atoms. The van der Waals surface area contributed by atoms with E-state index in [0.29, 0.717) is 6.54 Å². The fourth-order valence-corrected chi connectivity index (χ4v) is 2.19. The van der Waals surface area contributed by atoms with E-state index in [4.69, 9.17) is 0 Å². The lowest BCUT2D eigenvalue weighted by Crippen LogP contribution is -2.00. The van der Waals surface area contributed by atoms with Crippen molar-refractivity contribution in [2.24, 2.45) is 0 Å².